The minimum absolute atomic E-state index is 0.0818. The van der Waals surface area contributed by atoms with Crippen LogP contribution in [0.3, 0.4) is 0 Å². The van der Waals surface area contributed by atoms with Crippen LogP contribution in [-0.4, -0.2) is 17.5 Å². The summed E-state index contributed by atoms with van der Waals surface area (Å²) in [6.07, 6.45) is 6.74. The Kier molecular flexibility index (Phi) is 3.57. The van der Waals surface area contributed by atoms with E-state index in [0.717, 1.165) is 25.5 Å². The van der Waals surface area contributed by atoms with Gasteiger partial charge in [-0.3, -0.25) is 0 Å². The van der Waals surface area contributed by atoms with Gasteiger partial charge in [0, 0.05) is 6.42 Å². The summed E-state index contributed by atoms with van der Waals surface area (Å²) in [4.78, 5) is 9.93. The van der Waals surface area contributed by atoms with Crippen LogP contribution in [-0.2, 0) is 4.79 Å². The molecule has 0 amide bonds. The van der Waals surface area contributed by atoms with Gasteiger partial charge < -0.3 is 9.90 Å². The van der Waals surface area contributed by atoms with E-state index in [9.17, 15) is 9.90 Å². The van der Waals surface area contributed by atoms with Crippen LogP contribution in [0.2, 0.25) is 0 Å². The van der Waals surface area contributed by atoms with E-state index in [2.05, 4.69) is 0 Å². The molecular weight excluding hydrogens is 140 g/mol. The fourth-order valence-electron chi connectivity index (χ4n) is 1.30. The molecule has 0 aliphatic heterocycles. The van der Waals surface area contributed by atoms with E-state index >= 15 is 0 Å². The lowest BCUT2D eigenvalue weighted by molar-refractivity contribution is -0.107. The lowest BCUT2D eigenvalue weighted by atomic mass is 10.1. The van der Waals surface area contributed by atoms with Gasteiger partial charge in [0.1, 0.15) is 6.29 Å². The predicted octanol–water partition coefficient (Wildman–Crippen LogP) is 1.52. The van der Waals surface area contributed by atoms with Gasteiger partial charge in [-0.15, -0.1) is 0 Å². The molecule has 1 unspecified atom stereocenters. The molecule has 1 atom stereocenters. The summed E-state index contributed by atoms with van der Waals surface area (Å²) in [6, 6.07) is 0. The number of aliphatic hydroxyl groups is 1. The van der Waals surface area contributed by atoms with Gasteiger partial charge in [-0.2, -0.15) is 0 Å². The Hall–Kier alpha value is -0.370. The van der Waals surface area contributed by atoms with Gasteiger partial charge in [-0.1, -0.05) is 6.42 Å². The van der Waals surface area contributed by atoms with Crippen molar-refractivity contribution in [3.05, 3.63) is 0 Å². The van der Waals surface area contributed by atoms with Crippen molar-refractivity contribution in [1.29, 1.82) is 0 Å². The molecule has 11 heavy (non-hydrogen) atoms. The monoisotopic (exact) mass is 156 g/mol. The van der Waals surface area contributed by atoms with E-state index in [1.54, 1.807) is 0 Å². The largest absolute Gasteiger partial charge is 0.393 e. The number of carbonyl (C=O) groups excluding carboxylic acids is 1. The Morgan fingerprint density at radius 1 is 1.45 bits per heavy atom. The van der Waals surface area contributed by atoms with Crippen molar-refractivity contribution in [2.45, 2.75) is 44.6 Å². The summed E-state index contributed by atoms with van der Waals surface area (Å²) in [5, 5.41) is 9.40. The molecule has 1 aliphatic rings. The minimum atomic E-state index is -0.0818. The second-order valence-corrected chi connectivity index (χ2v) is 3.36. The van der Waals surface area contributed by atoms with E-state index in [4.69, 9.17) is 0 Å². The third-order valence-electron chi connectivity index (χ3n) is 2.24. The number of aldehydes is 1. The van der Waals surface area contributed by atoms with Crippen LogP contribution in [0.25, 0.3) is 0 Å². The number of aliphatic hydroxyl groups excluding tert-OH is 1. The van der Waals surface area contributed by atoms with E-state index < -0.39 is 0 Å². The SMILES string of the molecule is O=CCCCCC(O)C1CC1. The smallest absolute Gasteiger partial charge is 0.119 e. The van der Waals surface area contributed by atoms with Gasteiger partial charge in [0.2, 0.25) is 0 Å². The maximum Gasteiger partial charge on any atom is 0.119 e. The van der Waals surface area contributed by atoms with E-state index in [1.807, 2.05) is 0 Å². The van der Waals surface area contributed by atoms with Crippen LogP contribution >= 0.6 is 0 Å². The van der Waals surface area contributed by atoms with Crippen molar-refractivity contribution in [1.82, 2.24) is 0 Å². The quantitative estimate of drug-likeness (QED) is 0.467. The second kappa shape index (κ2) is 4.50. The first kappa shape index (κ1) is 8.72. The zero-order chi connectivity index (χ0) is 8.10. The molecule has 1 aliphatic carbocycles. The molecule has 0 aromatic heterocycles. The Balaban J connectivity index is 1.88. The lowest BCUT2D eigenvalue weighted by Gasteiger charge is -2.06. The van der Waals surface area contributed by atoms with Crippen LogP contribution in [0.1, 0.15) is 38.5 Å². The molecule has 1 fully saturated rings. The first-order chi connectivity index (χ1) is 5.34. The van der Waals surface area contributed by atoms with E-state index in [-0.39, 0.29) is 6.10 Å². The van der Waals surface area contributed by atoms with Gasteiger partial charge in [0.15, 0.2) is 0 Å². The summed E-state index contributed by atoms with van der Waals surface area (Å²) < 4.78 is 0. The molecule has 0 heterocycles. The number of hydrogen-bond donors (Lipinski definition) is 1. The summed E-state index contributed by atoms with van der Waals surface area (Å²) in [6.45, 7) is 0. The topological polar surface area (TPSA) is 37.3 Å². The number of rotatable bonds is 6. The normalized spacial score (nSPS) is 19.7. The van der Waals surface area contributed by atoms with Crippen LogP contribution < -0.4 is 0 Å². The third-order valence-corrected chi connectivity index (χ3v) is 2.24. The molecule has 1 rings (SSSR count). The van der Waals surface area contributed by atoms with Crippen molar-refractivity contribution in [3.63, 3.8) is 0 Å². The fourth-order valence-corrected chi connectivity index (χ4v) is 1.30. The number of unbranched alkanes of at least 4 members (excludes halogenated alkanes) is 2. The lowest BCUT2D eigenvalue weighted by Crippen LogP contribution is -2.08. The van der Waals surface area contributed by atoms with Gasteiger partial charge >= 0.3 is 0 Å². The summed E-state index contributed by atoms with van der Waals surface area (Å²) >= 11 is 0. The Labute approximate surface area is 67.6 Å². The van der Waals surface area contributed by atoms with Crippen molar-refractivity contribution < 1.29 is 9.90 Å². The highest BCUT2D eigenvalue weighted by molar-refractivity contribution is 5.48. The number of carbonyl (C=O) groups is 1. The molecule has 64 valence electrons. The summed E-state index contributed by atoms with van der Waals surface area (Å²) in [5.74, 6) is 0.589. The van der Waals surface area contributed by atoms with Crippen LogP contribution in [0.15, 0.2) is 0 Å². The van der Waals surface area contributed by atoms with E-state index in [1.165, 1.54) is 12.8 Å². The van der Waals surface area contributed by atoms with Crippen molar-refractivity contribution in [2.75, 3.05) is 0 Å². The van der Waals surface area contributed by atoms with Gasteiger partial charge in [0.25, 0.3) is 0 Å². The maximum atomic E-state index is 9.93. The Morgan fingerprint density at radius 3 is 2.73 bits per heavy atom. The highest BCUT2D eigenvalue weighted by Gasteiger charge is 2.28. The third kappa shape index (κ3) is 3.51. The molecule has 2 heteroatoms. The van der Waals surface area contributed by atoms with Crippen molar-refractivity contribution in [2.24, 2.45) is 5.92 Å². The zero-order valence-electron chi connectivity index (χ0n) is 6.83. The Bertz CT molecular complexity index is 119. The van der Waals surface area contributed by atoms with Gasteiger partial charge in [-0.05, 0) is 31.6 Å². The molecule has 0 aromatic rings. The maximum absolute atomic E-state index is 9.93. The second-order valence-electron chi connectivity index (χ2n) is 3.36. The van der Waals surface area contributed by atoms with Crippen molar-refractivity contribution >= 4 is 6.29 Å². The molecule has 0 aromatic carbocycles. The molecule has 0 bridgehead atoms. The van der Waals surface area contributed by atoms with Crippen LogP contribution in [0, 0.1) is 5.92 Å². The molecule has 1 saturated carbocycles. The highest BCUT2D eigenvalue weighted by Crippen LogP contribution is 2.34. The van der Waals surface area contributed by atoms with Gasteiger partial charge in [-0.25, -0.2) is 0 Å². The van der Waals surface area contributed by atoms with Crippen LogP contribution in [0.4, 0.5) is 0 Å². The molecule has 0 spiro atoms. The average Bonchev–Trinajstić information content (AvgIpc) is 2.79. The predicted molar refractivity (Wildman–Crippen MR) is 43.3 cm³/mol. The molecular formula is C9H16O2. The summed E-state index contributed by atoms with van der Waals surface area (Å²) in [5.41, 5.74) is 0. The molecule has 0 saturated heterocycles. The molecule has 2 nitrogen and oxygen atoms in total. The van der Waals surface area contributed by atoms with Crippen LogP contribution in [0.5, 0.6) is 0 Å². The van der Waals surface area contributed by atoms with E-state index in [0.29, 0.717) is 12.3 Å². The average molecular weight is 156 g/mol. The highest BCUT2D eigenvalue weighted by atomic mass is 16.3. The molecule has 1 N–H and O–H groups in total. The molecule has 0 radical (unpaired) electrons. The van der Waals surface area contributed by atoms with Gasteiger partial charge in [0.05, 0.1) is 6.10 Å². The first-order valence-corrected chi connectivity index (χ1v) is 4.46. The Morgan fingerprint density at radius 2 is 2.18 bits per heavy atom. The number of hydrogen-bond acceptors (Lipinski definition) is 2. The summed E-state index contributed by atoms with van der Waals surface area (Å²) in [7, 11) is 0. The van der Waals surface area contributed by atoms with Crippen molar-refractivity contribution in [3.8, 4) is 0 Å². The first-order valence-electron chi connectivity index (χ1n) is 4.46. The standard InChI is InChI=1S/C9H16O2/c10-7-3-1-2-4-9(11)8-5-6-8/h7-9,11H,1-6H2. The fraction of sp³-hybridized carbons (Fsp3) is 0.889. The zero-order valence-corrected chi connectivity index (χ0v) is 6.83. The minimum Gasteiger partial charge on any atom is -0.393 e.